The highest BCUT2D eigenvalue weighted by Gasteiger charge is 2.28. The lowest BCUT2D eigenvalue weighted by atomic mass is 9.92. The molecule has 1 aromatic carbocycles. The zero-order valence-electron chi connectivity index (χ0n) is 13.5. The summed E-state index contributed by atoms with van der Waals surface area (Å²) in [5, 5.41) is 19.5. The van der Waals surface area contributed by atoms with E-state index in [-0.39, 0.29) is 52.9 Å². The van der Waals surface area contributed by atoms with Crippen molar-refractivity contribution in [3.63, 3.8) is 0 Å². The van der Waals surface area contributed by atoms with Crippen LogP contribution in [-0.4, -0.2) is 40.3 Å². The van der Waals surface area contributed by atoms with E-state index in [4.69, 9.17) is 22.1 Å². The highest BCUT2D eigenvalue weighted by atomic mass is 35.5. The van der Waals surface area contributed by atoms with Crippen molar-refractivity contribution in [3.8, 4) is 11.1 Å². The van der Waals surface area contributed by atoms with Gasteiger partial charge in [-0.05, 0) is 13.0 Å². The Labute approximate surface area is 149 Å². The second-order valence-electron chi connectivity index (χ2n) is 5.20. The van der Waals surface area contributed by atoms with Crippen molar-refractivity contribution < 1.29 is 24.5 Å². The van der Waals surface area contributed by atoms with Crippen LogP contribution >= 0.6 is 11.6 Å². The van der Waals surface area contributed by atoms with Gasteiger partial charge in [-0.15, -0.1) is 0 Å². The lowest BCUT2D eigenvalue weighted by molar-refractivity contribution is 0.0687. The molecule has 0 aliphatic carbocycles. The molecule has 0 amide bonds. The number of rotatable bonds is 7. The Bertz CT molecular complexity index is 823. The third-order valence-electron chi connectivity index (χ3n) is 3.52. The van der Waals surface area contributed by atoms with E-state index in [0.717, 1.165) is 0 Å². The zero-order valence-corrected chi connectivity index (χ0v) is 14.2. The molecule has 0 saturated carbocycles. The Balaban J connectivity index is 2.82. The van der Waals surface area contributed by atoms with E-state index in [1.165, 1.54) is 6.92 Å². The molecule has 0 bridgehead atoms. The fourth-order valence-corrected chi connectivity index (χ4v) is 2.78. The molecule has 1 aromatic heterocycles. The number of ether oxygens (including phenoxy) is 1. The molecule has 7 nitrogen and oxygen atoms in total. The van der Waals surface area contributed by atoms with Crippen molar-refractivity contribution in [1.82, 2.24) is 4.98 Å². The van der Waals surface area contributed by atoms with Crippen LogP contribution in [-0.2, 0) is 11.3 Å². The van der Waals surface area contributed by atoms with Gasteiger partial charge in [-0.25, -0.2) is 9.59 Å². The minimum atomic E-state index is -1.31. The molecular weight excluding hydrogens is 348 g/mol. The van der Waals surface area contributed by atoms with Crippen LogP contribution in [0.2, 0.25) is 5.02 Å². The predicted molar refractivity (Wildman–Crippen MR) is 92.0 cm³/mol. The number of aromatic carboxylic acids is 2. The van der Waals surface area contributed by atoms with Gasteiger partial charge in [-0.2, -0.15) is 0 Å². The molecule has 0 fully saturated rings. The highest BCUT2D eigenvalue weighted by molar-refractivity contribution is 6.33. The minimum Gasteiger partial charge on any atom is -0.478 e. The van der Waals surface area contributed by atoms with Gasteiger partial charge in [0.2, 0.25) is 0 Å². The average molecular weight is 365 g/mol. The third kappa shape index (κ3) is 3.96. The number of pyridine rings is 1. The van der Waals surface area contributed by atoms with Crippen LogP contribution in [0.5, 0.6) is 0 Å². The maximum absolute atomic E-state index is 11.9. The summed E-state index contributed by atoms with van der Waals surface area (Å²) in [6.45, 7) is 1.90. The number of hydrogen-bond acceptors (Lipinski definition) is 5. The predicted octanol–water partition coefficient (Wildman–Crippen LogP) is 2.58. The minimum absolute atomic E-state index is 0.0180. The number of halogens is 1. The summed E-state index contributed by atoms with van der Waals surface area (Å²) < 4.78 is 5.30. The number of carbonyl (C=O) groups is 2. The number of hydrogen-bond donors (Lipinski definition) is 3. The first-order chi connectivity index (χ1) is 11.9. The van der Waals surface area contributed by atoms with Crippen LogP contribution in [0.15, 0.2) is 24.3 Å². The van der Waals surface area contributed by atoms with E-state index in [2.05, 4.69) is 4.98 Å². The molecule has 25 heavy (non-hydrogen) atoms. The number of carboxylic acid groups (broad SMARTS) is 2. The number of aryl methyl sites for hydroxylation is 1. The molecule has 0 unspecified atom stereocenters. The maximum atomic E-state index is 11.9. The summed E-state index contributed by atoms with van der Waals surface area (Å²) in [6.07, 6.45) is 0. The number of benzene rings is 1. The Morgan fingerprint density at radius 1 is 1.20 bits per heavy atom. The van der Waals surface area contributed by atoms with Crippen molar-refractivity contribution in [2.24, 2.45) is 5.73 Å². The van der Waals surface area contributed by atoms with E-state index in [9.17, 15) is 19.8 Å². The van der Waals surface area contributed by atoms with E-state index >= 15 is 0 Å². The summed E-state index contributed by atoms with van der Waals surface area (Å²) >= 11 is 6.19. The summed E-state index contributed by atoms with van der Waals surface area (Å²) in [6, 6.07) is 6.46. The van der Waals surface area contributed by atoms with E-state index in [1.807, 2.05) is 0 Å². The van der Waals surface area contributed by atoms with Gasteiger partial charge in [0.25, 0.3) is 0 Å². The van der Waals surface area contributed by atoms with Gasteiger partial charge < -0.3 is 20.7 Å². The second kappa shape index (κ2) is 8.06. The molecule has 0 spiro atoms. The van der Waals surface area contributed by atoms with Crippen molar-refractivity contribution >= 4 is 23.5 Å². The first-order valence-corrected chi connectivity index (χ1v) is 7.79. The highest BCUT2D eigenvalue weighted by Crippen LogP contribution is 2.36. The van der Waals surface area contributed by atoms with E-state index in [1.54, 1.807) is 24.3 Å². The van der Waals surface area contributed by atoms with Crippen molar-refractivity contribution in [3.05, 3.63) is 51.8 Å². The van der Waals surface area contributed by atoms with Gasteiger partial charge in [0.15, 0.2) is 0 Å². The summed E-state index contributed by atoms with van der Waals surface area (Å²) in [5.74, 6) is -2.59. The quantitative estimate of drug-likeness (QED) is 0.645. The van der Waals surface area contributed by atoms with Gasteiger partial charge in [0, 0.05) is 22.7 Å². The molecule has 0 aliphatic rings. The smallest absolute Gasteiger partial charge is 0.338 e. The van der Waals surface area contributed by atoms with Crippen LogP contribution in [0, 0.1) is 6.92 Å². The van der Waals surface area contributed by atoms with Gasteiger partial charge in [-0.1, -0.05) is 29.8 Å². The lowest BCUT2D eigenvalue weighted by Crippen LogP contribution is -2.17. The van der Waals surface area contributed by atoms with Crippen LogP contribution in [0.3, 0.4) is 0 Å². The summed E-state index contributed by atoms with van der Waals surface area (Å²) in [7, 11) is 0. The van der Waals surface area contributed by atoms with Gasteiger partial charge in [0.05, 0.1) is 35.7 Å². The van der Waals surface area contributed by atoms with Crippen LogP contribution in [0.1, 0.15) is 32.1 Å². The number of nitrogens with two attached hydrogens (primary N) is 1. The summed E-state index contributed by atoms with van der Waals surface area (Å²) in [4.78, 5) is 27.8. The molecule has 8 heteroatoms. The first-order valence-electron chi connectivity index (χ1n) is 7.41. The van der Waals surface area contributed by atoms with E-state index < -0.39 is 11.9 Å². The topological polar surface area (TPSA) is 123 Å². The average Bonchev–Trinajstić information content (AvgIpc) is 2.54. The Morgan fingerprint density at radius 3 is 2.40 bits per heavy atom. The fourth-order valence-electron chi connectivity index (χ4n) is 2.55. The van der Waals surface area contributed by atoms with Crippen molar-refractivity contribution in [2.75, 3.05) is 13.2 Å². The Morgan fingerprint density at radius 2 is 1.84 bits per heavy atom. The zero-order chi connectivity index (χ0) is 18.6. The number of carboxylic acids is 2. The molecule has 0 saturated heterocycles. The maximum Gasteiger partial charge on any atom is 0.338 e. The molecule has 4 N–H and O–H groups in total. The molecule has 132 valence electrons. The van der Waals surface area contributed by atoms with Crippen LogP contribution in [0.25, 0.3) is 11.1 Å². The second-order valence-corrected chi connectivity index (χ2v) is 5.61. The normalized spacial score (nSPS) is 10.7. The Kier molecular flexibility index (Phi) is 6.08. The molecule has 2 rings (SSSR count). The SMILES string of the molecule is Cc1nc(COCCN)c(C(=O)O)c(-c2ccccc2Cl)c1C(=O)O. The third-order valence-corrected chi connectivity index (χ3v) is 3.85. The lowest BCUT2D eigenvalue weighted by Gasteiger charge is -2.17. The van der Waals surface area contributed by atoms with Gasteiger partial charge >= 0.3 is 11.9 Å². The molecular formula is C17H17ClN2O5. The van der Waals surface area contributed by atoms with Crippen LogP contribution in [0.4, 0.5) is 0 Å². The molecule has 0 atom stereocenters. The molecule has 2 aromatic rings. The number of nitrogens with zero attached hydrogens (tertiary/aromatic N) is 1. The first kappa shape index (κ1) is 18.9. The van der Waals surface area contributed by atoms with Crippen molar-refractivity contribution in [2.45, 2.75) is 13.5 Å². The van der Waals surface area contributed by atoms with Gasteiger partial charge in [0.1, 0.15) is 0 Å². The van der Waals surface area contributed by atoms with Crippen LogP contribution < -0.4 is 5.73 Å². The van der Waals surface area contributed by atoms with E-state index in [0.29, 0.717) is 5.56 Å². The number of aromatic nitrogens is 1. The fraction of sp³-hybridized carbons (Fsp3) is 0.235. The summed E-state index contributed by atoms with van der Waals surface area (Å²) in [5.41, 5.74) is 5.56. The monoisotopic (exact) mass is 364 g/mol. The molecule has 0 aliphatic heterocycles. The largest absolute Gasteiger partial charge is 0.478 e. The standard InChI is InChI=1S/C17H17ClN2O5/c1-9-13(16(21)22)14(10-4-2-3-5-11(10)18)15(17(23)24)12(20-9)8-25-7-6-19/h2-5H,6-8,19H2,1H3,(H,21,22)(H,23,24). The Hall–Kier alpha value is -2.48. The van der Waals surface area contributed by atoms with Gasteiger partial charge in [-0.3, -0.25) is 4.98 Å². The van der Waals surface area contributed by atoms with Crippen molar-refractivity contribution in [1.29, 1.82) is 0 Å². The molecule has 1 heterocycles. The molecule has 0 radical (unpaired) electrons.